The normalized spacial score (nSPS) is 10.5. The summed E-state index contributed by atoms with van der Waals surface area (Å²) in [5.74, 6) is 0.844. The van der Waals surface area contributed by atoms with Crippen LogP contribution in [0.1, 0.15) is 16.2 Å². The van der Waals surface area contributed by atoms with Crippen LogP contribution in [0.15, 0.2) is 23.8 Å². The summed E-state index contributed by atoms with van der Waals surface area (Å²) in [6.07, 6.45) is 3.46. The van der Waals surface area contributed by atoms with Crippen molar-refractivity contribution < 1.29 is 4.79 Å². The fourth-order valence-electron chi connectivity index (χ4n) is 1.30. The molecule has 0 aromatic carbocycles. The summed E-state index contributed by atoms with van der Waals surface area (Å²) < 4.78 is 2.36. The van der Waals surface area contributed by atoms with Gasteiger partial charge in [-0.2, -0.15) is 0 Å². The molecule has 0 aliphatic heterocycles. The predicted octanol–water partition coefficient (Wildman–Crippen LogP) is 2.79. The number of nitrogens with zero attached hydrogens (tertiary/aromatic N) is 2. The highest BCUT2D eigenvalue weighted by molar-refractivity contribution is 7.14. The van der Waals surface area contributed by atoms with Crippen molar-refractivity contribution in [1.82, 2.24) is 9.55 Å². The number of imidazole rings is 1. The molecule has 2 rings (SSSR count). The molecule has 0 N–H and O–H groups in total. The van der Waals surface area contributed by atoms with E-state index in [0.717, 1.165) is 5.82 Å². The number of aryl methyl sites for hydroxylation is 1. The van der Waals surface area contributed by atoms with Crippen molar-refractivity contribution in [2.45, 2.75) is 13.5 Å². The zero-order chi connectivity index (χ0) is 10.8. The lowest BCUT2D eigenvalue weighted by Crippen LogP contribution is -2.10. The predicted molar refractivity (Wildman–Crippen MR) is 60.6 cm³/mol. The van der Waals surface area contributed by atoms with Gasteiger partial charge < -0.3 is 4.57 Å². The standard InChI is InChI=1S/C10H9ClN2OS/c1-7-12-3-4-13(7)6-9(14)8-2-5-15-10(8)11/h2-5H,6H2,1H3. The number of thiophene rings is 1. The van der Waals surface area contributed by atoms with Crippen LogP contribution < -0.4 is 0 Å². The molecule has 0 bridgehead atoms. The Hall–Kier alpha value is -1.13. The summed E-state index contributed by atoms with van der Waals surface area (Å²) >= 11 is 7.26. The van der Waals surface area contributed by atoms with E-state index in [0.29, 0.717) is 16.4 Å². The molecular formula is C10H9ClN2OS. The molecule has 3 nitrogen and oxygen atoms in total. The average molecular weight is 241 g/mol. The molecule has 15 heavy (non-hydrogen) atoms. The van der Waals surface area contributed by atoms with Gasteiger partial charge in [-0.05, 0) is 18.4 Å². The number of carbonyl (C=O) groups excluding carboxylic acids is 1. The van der Waals surface area contributed by atoms with Crippen LogP contribution in [-0.2, 0) is 6.54 Å². The monoisotopic (exact) mass is 240 g/mol. The summed E-state index contributed by atoms with van der Waals surface area (Å²) in [4.78, 5) is 15.9. The summed E-state index contributed by atoms with van der Waals surface area (Å²) in [7, 11) is 0. The quantitative estimate of drug-likeness (QED) is 0.774. The minimum absolute atomic E-state index is 0.0161. The largest absolute Gasteiger partial charge is 0.327 e. The lowest BCUT2D eigenvalue weighted by atomic mass is 10.2. The highest BCUT2D eigenvalue weighted by Gasteiger charge is 2.12. The van der Waals surface area contributed by atoms with E-state index in [-0.39, 0.29) is 5.78 Å². The first-order valence-corrected chi connectivity index (χ1v) is 5.68. The molecule has 0 spiro atoms. The molecule has 0 aliphatic carbocycles. The third-order valence-corrected chi connectivity index (χ3v) is 3.33. The molecule has 5 heteroatoms. The van der Waals surface area contributed by atoms with Gasteiger partial charge in [0.1, 0.15) is 10.2 Å². The minimum Gasteiger partial charge on any atom is -0.327 e. The van der Waals surface area contributed by atoms with Crippen molar-refractivity contribution in [3.8, 4) is 0 Å². The number of halogens is 1. The molecule has 0 unspecified atom stereocenters. The van der Waals surface area contributed by atoms with Crippen molar-refractivity contribution in [1.29, 1.82) is 0 Å². The van der Waals surface area contributed by atoms with E-state index >= 15 is 0 Å². The summed E-state index contributed by atoms with van der Waals surface area (Å²) in [5.41, 5.74) is 0.592. The molecular weight excluding hydrogens is 232 g/mol. The Labute approximate surface area is 96.3 Å². The Balaban J connectivity index is 2.18. The van der Waals surface area contributed by atoms with Crippen LogP contribution in [0.2, 0.25) is 4.34 Å². The van der Waals surface area contributed by atoms with E-state index in [1.807, 2.05) is 12.3 Å². The van der Waals surface area contributed by atoms with Crippen LogP contribution >= 0.6 is 22.9 Å². The van der Waals surface area contributed by atoms with E-state index in [1.54, 1.807) is 23.0 Å². The van der Waals surface area contributed by atoms with E-state index < -0.39 is 0 Å². The van der Waals surface area contributed by atoms with Crippen LogP contribution in [0.25, 0.3) is 0 Å². The second kappa shape index (κ2) is 4.16. The Kier molecular flexibility index (Phi) is 2.88. The molecule has 0 saturated carbocycles. The highest BCUT2D eigenvalue weighted by Crippen LogP contribution is 2.23. The average Bonchev–Trinajstić information content (AvgIpc) is 2.76. The first-order chi connectivity index (χ1) is 7.18. The first kappa shape index (κ1) is 10.4. The number of rotatable bonds is 3. The molecule has 2 aromatic heterocycles. The second-order valence-electron chi connectivity index (χ2n) is 3.13. The smallest absolute Gasteiger partial charge is 0.184 e. The number of ketones is 1. The van der Waals surface area contributed by atoms with Crippen LogP contribution in [0.4, 0.5) is 0 Å². The molecule has 0 amide bonds. The summed E-state index contributed by atoms with van der Waals surface area (Å²) in [6.45, 7) is 2.16. The first-order valence-electron chi connectivity index (χ1n) is 4.42. The van der Waals surface area contributed by atoms with Gasteiger partial charge in [-0.25, -0.2) is 4.98 Å². The third kappa shape index (κ3) is 2.11. The lowest BCUT2D eigenvalue weighted by Gasteiger charge is -2.02. The Bertz CT molecular complexity index is 489. The molecule has 78 valence electrons. The molecule has 0 aliphatic rings. The molecule has 0 saturated heterocycles. The van der Waals surface area contributed by atoms with Gasteiger partial charge in [0.15, 0.2) is 5.78 Å². The van der Waals surface area contributed by atoms with Gasteiger partial charge in [0.05, 0.1) is 6.54 Å². The maximum atomic E-state index is 11.8. The van der Waals surface area contributed by atoms with Gasteiger partial charge >= 0.3 is 0 Å². The molecule has 0 atom stereocenters. The van der Waals surface area contributed by atoms with Crippen molar-refractivity contribution in [2.75, 3.05) is 0 Å². The van der Waals surface area contributed by atoms with Crippen LogP contribution in [0.5, 0.6) is 0 Å². The maximum absolute atomic E-state index is 11.8. The Morgan fingerprint density at radius 2 is 2.47 bits per heavy atom. The van der Waals surface area contributed by atoms with Gasteiger partial charge in [0.25, 0.3) is 0 Å². The van der Waals surface area contributed by atoms with E-state index in [1.165, 1.54) is 11.3 Å². The van der Waals surface area contributed by atoms with Crippen molar-refractivity contribution in [2.24, 2.45) is 0 Å². The van der Waals surface area contributed by atoms with Crippen LogP contribution in [-0.4, -0.2) is 15.3 Å². The SMILES string of the molecule is Cc1nccn1CC(=O)c1ccsc1Cl. The highest BCUT2D eigenvalue weighted by atomic mass is 35.5. The molecule has 0 fully saturated rings. The zero-order valence-corrected chi connectivity index (χ0v) is 9.68. The van der Waals surface area contributed by atoms with E-state index in [4.69, 9.17) is 11.6 Å². The van der Waals surface area contributed by atoms with Crippen molar-refractivity contribution in [3.63, 3.8) is 0 Å². The Morgan fingerprint density at radius 1 is 1.67 bits per heavy atom. The van der Waals surface area contributed by atoms with Gasteiger partial charge in [0, 0.05) is 18.0 Å². The van der Waals surface area contributed by atoms with E-state index in [9.17, 15) is 4.79 Å². The zero-order valence-electron chi connectivity index (χ0n) is 8.11. The number of hydrogen-bond donors (Lipinski definition) is 0. The fourth-order valence-corrected chi connectivity index (χ4v) is 2.26. The Morgan fingerprint density at radius 3 is 3.00 bits per heavy atom. The molecule has 0 radical (unpaired) electrons. The van der Waals surface area contributed by atoms with Gasteiger partial charge in [-0.3, -0.25) is 4.79 Å². The fraction of sp³-hybridized carbons (Fsp3) is 0.200. The van der Waals surface area contributed by atoms with Gasteiger partial charge in [0.2, 0.25) is 0 Å². The minimum atomic E-state index is 0.0161. The van der Waals surface area contributed by atoms with Crippen molar-refractivity contribution >= 4 is 28.7 Å². The van der Waals surface area contributed by atoms with Crippen LogP contribution in [0, 0.1) is 6.92 Å². The maximum Gasteiger partial charge on any atom is 0.184 e. The van der Waals surface area contributed by atoms with Crippen molar-refractivity contribution in [3.05, 3.63) is 39.6 Å². The number of Topliss-reactive ketones (excluding diaryl/α,β-unsaturated/α-hetero) is 1. The number of carbonyl (C=O) groups is 1. The summed E-state index contributed by atoms with van der Waals surface area (Å²) in [5, 5.41) is 1.82. The van der Waals surface area contributed by atoms with Gasteiger partial charge in [-0.1, -0.05) is 11.6 Å². The molecule has 2 heterocycles. The summed E-state index contributed by atoms with van der Waals surface area (Å²) in [6, 6.07) is 1.75. The second-order valence-corrected chi connectivity index (χ2v) is 4.65. The van der Waals surface area contributed by atoms with Gasteiger partial charge in [-0.15, -0.1) is 11.3 Å². The van der Waals surface area contributed by atoms with E-state index in [2.05, 4.69) is 4.98 Å². The topological polar surface area (TPSA) is 34.9 Å². The number of aromatic nitrogens is 2. The lowest BCUT2D eigenvalue weighted by molar-refractivity contribution is 0.0972. The third-order valence-electron chi connectivity index (χ3n) is 2.16. The molecule has 2 aromatic rings. The van der Waals surface area contributed by atoms with Crippen LogP contribution in [0.3, 0.4) is 0 Å². The number of hydrogen-bond acceptors (Lipinski definition) is 3.